The van der Waals surface area contributed by atoms with Crippen LogP contribution in [0.5, 0.6) is 0 Å². The van der Waals surface area contributed by atoms with Gasteiger partial charge in [0.25, 0.3) is 5.91 Å². The van der Waals surface area contributed by atoms with E-state index in [0.717, 1.165) is 12.1 Å². The maximum atomic E-state index is 11.9. The lowest BCUT2D eigenvalue weighted by atomic mass is 10.3. The van der Waals surface area contributed by atoms with Crippen molar-refractivity contribution in [2.75, 3.05) is 6.54 Å². The van der Waals surface area contributed by atoms with Crippen LogP contribution in [0.25, 0.3) is 0 Å². The Morgan fingerprint density at radius 1 is 1.55 bits per heavy atom. The Balaban J connectivity index is 1.78. The average molecular weight is 426 g/mol. The first-order valence-corrected chi connectivity index (χ1v) is 7.82. The number of aromatic nitrogens is 4. The maximum Gasteiger partial charge on any atom is 0.273 e. The number of nitrogens with zero attached hydrogens (tertiary/aromatic N) is 3. The Morgan fingerprint density at radius 3 is 2.85 bits per heavy atom. The molecule has 0 spiro atoms. The lowest BCUT2D eigenvalue weighted by Gasteiger charge is -2.04. The highest BCUT2D eigenvalue weighted by molar-refractivity contribution is 9.13. The highest BCUT2D eigenvalue weighted by Crippen LogP contribution is 2.23. The van der Waals surface area contributed by atoms with Crippen LogP contribution in [0.2, 0.25) is 5.02 Å². The van der Waals surface area contributed by atoms with E-state index in [1.165, 1.54) is 0 Å². The van der Waals surface area contributed by atoms with Crippen LogP contribution in [0.4, 0.5) is 0 Å². The van der Waals surface area contributed by atoms with Crippen molar-refractivity contribution in [2.24, 2.45) is 0 Å². The van der Waals surface area contributed by atoms with E-state index in [1.54, 1.807) is 10.9 Å². The molecular weight excluding hydrogens is 413 g/mol. The van der Waals surface area contributed by atoms with E-state index in [0.29, 0.717) is 32.9 Å². The van der Waals surface area contributed by atoms with Crippen LogP contribution < -0.4 is 5.32 Å². The summed E-state index contributed by atoms with van der Waals surface area (Å²) in [7, 11) is 0. The van der Waals surface area contributed by atoms with Gasteiger partial charge in [-0.05, 0) is 45.2 Å². The van der Waals surface area contributed by atoms with Crippen molar-refractivity contribution in [3.8, 4) is 0 Å². The molecule has 0 radical (unpaired) electrons. The third-order valence-corrected chi connectivity index (χ3v) is 4.87. The molecule has 2 aromatic rings. The minimum atomic E-state index is -0.228. The van der Waals surface area contributed by atoms with Crippen molar-refractivity contribution in [1.82, 2.24) is 25.3 Å². The van der Waals surface area contributed by atoms with Gasteiger partial charge in [0.15, 0.2) is 5.69 Å². The van der Waals surface area contributed by atoms with E-state index in [1.807, 2.05) is 6.92 Å². The van der Waals surface area contributed by atoms with Crippen molar-refractivity contribution in [2.45, 2.75) is 19.9 Å². The van der Waals surface area contributed by atoms with Crippen LogP contribution in [-0.2, 0) is 6.54 Å². The molecule has 20 heavy (non-hydrogen) atoms. The first-order chi connectivity index (χ1) is 9.49. The number of aromatic amines is 1. The van der Waals surface area contributed by atoms with Gasteiger partial charge in [0.1, 0.15) is 4.60 Å². The topological polar surface area (TPSA) is 75.6 Å². The number of carbonyl (C=O) groups excluding carboxylic acids is 1. The quantitative estimate of drug-likeness (QED) is 0.724. The van der Waals surface area contributed by atoms with Crippen molar-refractivity contribution in [3.63, 3.8) is 0 Å². The molecule has 1 amide bonds. The Labute approximate surface area is 137 Å². The predicted octanol–water partition coefficient (Wildman–Crippen LogP) is 2.91. The van der Waals surface area contributed by atoms with Crippen molar-refractivity contribution in [3.05, 3.63) is 31.7 Å². The van der Waals surface area contributed by atoms with Gasteiger partial charge in [0.2, 0.25) is 0 Å². The fourth-order valence-electron chi connectivity index (χ4n) is 1.59. The monoisotopic (exact) mass is 423 g/mol. The molecular formula is C11H12Br2ClN5O. The summed E-state index contributed by atoms with van der Waals surface area (Å²) in [5, 5.41) is 14.3. The van der Waals surface area contributed by atoms with Crippen LogP contribution in [-0.4, -0.2) is 32.4 Å². The molecule has 2 rings (SSSR count). The number of halogens is 3. The highest BCUT2D eigenvalue weighted by atomic mass is 79.9. The second-order valence-corrected chi connectivity index (χ2v) is 6.13. The molecule has 2 heterocycles. The predicted molar refractivity (Wildman–Crippen MR) is 82.9 cm³/mol. The van der Waals surface area contributed by atoms with Gasteiger partial charge in [0, 0.05) is 19.3 Å². The summed E-state index contributed by atoms with van der Waals surface area (Å²) in [6.45, 7) is 3.08. The zero-order chi connectivity index (χ0) is 14.7. The zero-order valence-electron chi connectivity index (χ0n) is 10.6. The molecule has 6 nitrogen and oxygen atoms in total. The van der Waals surface area contributed by atoms with Crippen LogP contribution in [0.1, 0.15) is 22.6 Å². The molecule has 0 aliphatic rings. The second-order valence-electron chi connectivity index (χ2n) is 4.14. The minimum absolute atomic E-state index is 0.228. The molecule has 2 aromatic heterocycles. The average Bonchev–Trinajstić information content (AvgIpc) is 2.90. The Bertz CT molecular complexity index is 605. The second kappa shape index (κ2) is 6.73. The van der Waals surface area contributed by atoms with Gasteiger partial charge in [0.05, 0.1) is 15.2 Å². The van der Waals surface area contributed by atoms with Crippen LogP contribution >= 0.6 is 43.5 Å². The van der Waals surface area contributed by atoms with Gasteiger partial charge in [-0.2, -0.15) is 10.2 Å². The molecule has 0 saturated heterocycles. The Morgan fingerprint density at radius 2 is 2.30 bits per heavy atom. The molecule has 2 N–H and O–H groups in total. The normalized spacial score (nSPS) is 10.8. The fourth-order valence-corrected chi connectivity index (χ4v) is 2.38. The van der Waals surface area contributed by atoms with Gasteiger partial charge in [-0.15, -0.1) is 0 Å². The molecule has 9 heteroatoms. The van der Waals surface area contributed by atoms with Gasteiger partial charge in [-0.3, -0.25) is 14.6 Å². The van der Waals surface area contributed by atoms with Crippen LogP contribution in [0.15, 0.2) is 15.3 Å². The van der Waals surface area contributed by atoms with Gasteiger partial charge >= 0.3 is 0 Å². The van der Waals surface area contributed by atoms with Gasteiger partial charge in [-0.25, -0.2) is 0 Å². The number of nitrogens with one attached hydrogen (secondary N) is 2. The molecule has 0 aromatic carbocycles. The largest absolute Gasteiger partial charge is 0.351 e. The lowest BCUT2D eigenvalue weighted by molar-refractivity contribution is 0.0947. The summed E-state index contributed by atoms with van der Waals surface area (Å²) in [6.07, 6.45) is 2.53. The van der Waals surface area contributed by atoms with Crippen molar-refractivity contribution < 1.29 is 4.79 Å². The van der Waals surface area contributed by atoms with E-state index in [2.05, 4.69) is 52.5 Å². The smallest absolute Gasteiger partial charge is 0.273 e. The van der Waals surface area contributed by atoms with Gasteiger partial charge < -0.3 is 5.32 Å². The summed E-state index contributed by atoms with van der Waals surface area (Å²) in [5.41, 5.74) is 1.14. The molecule has 0 atom stereocenters. The van der Waals surface area contributed by atoms with Crippen LogP contribution in [0.3, 0.4) is 0 Å². The fraction of sp³-hybridized carbons (Fsp3) is 0.364. The summed E-state index contributed by atoms with van der Waals surface area (Å²) in [4.78, 5) is 11.9. The molecule has 0 unspecified atom stereocenters. The Kier molecular flexibility index (Phi) is 5.22. The SMILES string of the molecule is Cc1nn(CCCNC(=O)c2n[nH]c(Br)c2Br)cc1Cl. The third kappa shape index (κ3) is 3.62. The standard InChI is InChI=1S/C11H12Br2ClN5O/c1-6-7(14)5-19(18-6)4-2-3-15-11(20)9-8(12)10(13)17-16-9/h5H,2-4H2,1H3,(H,15,20)(H,16,17). The van der Waals surface area contributed by atoms with E-state index >= 15 is 0 Å². The summed E-state index contributed by atoms with van der Waals surface area (Å²) < 4.78 is 3.03. The number of carbonyl (C=O) groups is 1. The molecule has 0 fully saturated rings. The number of rotatable bonds is 5. The number of H-pyrrole nitrogens is 1. The Hall–Kier alpha value is -0.860. The highest BCUT2D eigenvalue weighted by Gasteiger charge is 2.15. The molecule has 0 bridgehead atoms. The summed E-state index contributed by atoms with van der Waals surface area (Å²) in [6, 6.07) is 0. The van der Waals surface area contributed by atoms with Crippen molar-refractivity contribution >= 4 is 49.4 Å². The molecule has 0 aliphatic heterocycles. The van der Waals surface area contributed by atoms with E-state index in [9.17, 15) is 4.79 Å². The summed E-state index contributed by atoms with van der Waals surface area (Å²) in [5.74, 6) is -0.228. The molecule has 108 valence electrons. The number of hydrogen-bond acceptors (Lipinski definition) is 3. The van der Waals surface area contributed by atoms with Gasteiger partial charge in [-0.1, -0.05) is 11.6 Å². The first kappa shape index (κ1) is 15.5. The number of hydrogen-bond donors (Lipinski definition) is 2. The number of aryl methyl sites for hydroxylation is 2. The lowest BCUT2D eigenvalue weighted by Crippen LogP contribution is -2.26. The third-order valence-electron chi connectivity index (χ3n) is 2.62. The number of amides is 1. The van der Waals surface area contributed by atoms with E-state index in [4.69, 9.17) is 11.6 Å². The van der Waals surface area contributed by atoms with E-state index in [-0.39, 0.29) is 5.91 Å². The minimum Gasteiger partial charge on any atom is -0.351 e. The van der Waals surface area contributed by atoms with Crippen LogP contribution in [0, 0.1) is 6.92 Å². The van der Waals surface area contributed by atoms with Crippen molar-refractivity contribution in [1.29, 1.82) is 0 Å². The maximum absolute atomic E-state index is 11.9. The molecule has 0 aliphatic carbocycles. The zero-order valence-corrected chi connectivity index (χ0v) is 14.5. The molecule has 0 saturated carbocycles. The summed E-state index contributed by atoms with van der Waals surface area (Å²) >= 11 is 12.4. The van der Waals surface area contributed by atoms with E-state index < -0.39 is 0 Å². The first-order valence-electron chi connectivity index (χ1n) is 5.86.